The van der Waals surface area contributed by atoms with Gasteiger partial charge in [-0.1, -0.05) is 39.0 Å². The first kappa shape index (κ1) is 16.4. The van der Waals surface area contributed by atoms with Crippen molar-refractivity contribution < 1.29 is 0 Å². The van der Waals surface area contributed by atoms with Gasteiger partial charge in [0.05, 0.1) is 0 Å². The fourth-order valence-electron chi connectivity index (χ4n) is 2.98. The fourth-order valence-corrected chi connectivity index (χ4v) is 3.43. The van der Waals surface area contributed by atoms with Gasteiger partial charge < -0.3 is 4.90 Å². The Balaban J connectivity index is 2.25. The van der Waals surface area contributed by atoms with E-state index < -0.39 is 0 Å². The SMILES string of the molecule is CCC(CCCSC)CN1CCCCCCCC1. The highest BCUT2D eigenvalue weighted by Gasteiger charge is 2.13. The van der Waals surface area contributed by atoms with Crippen LogP contribution in [0.25, 0.3) is 0 Å². The zero-order valence-corrected chi connectivity index (χ0v) is 13.4. The lowest BCUT2D eigenvalue weighted by Crippen LogP contribution is -2.31. The standard InChI is InChI=1S/C16H33NS/c1-3-16(11-10-14-18-2)15-17-12-8-6-4-5-7-9-13-17/h16H,3-15H2,1-2H3. The molecule has 0 aliphatic carbocycles. The topological polar surface area (TPSA) is 3.24 Å². The first-order valence-electron chi connectivity index (χ1n) is 8.08. The minimum absolute atomic E-state index is 0.943. The van der Waals surface area contributed by atoms with Crippen molar-refractivity contribution in [3.8, 4) is 0 Å². The summed E-state index contributed by atoms with van der Waals surface area (Å²) in [5.41, 5.74) is 0. The fraction of sp³-hybridized carbons (Fsp3) is 1.00. The molecule has 0 radical (unpaired) electrons. The largest absolute Gasteiger partial charge is 0.303 e. The van der Waals surface area contributed by atoms with Gasteiger partial charge in [0.2, 0.25) is 0 Å². The van der Waals surface area contributed by atoms with Gasteiger partial charge in [0.15, 0.2) is 0 Å². The molecule has 0 saturated carbocycles. The second kappa shape index (κ2) is 11.2. The Morgan fingerprint density at radius 1 is 1.00 bits per heavy atom. The molecular weight excluding hydrogens is 238 g/mol. The highest BCUT2D eigenvalue weighted by Crippen LogP contribution is 2.17. The van der Waals surface area contributed by atoms with Gasteiger partial charge in [0.1, 0.15) is 0 Å². The Morgan fingerprint density at radius 2 is 1.61 bits per heavy atom. The Bertz CT molecular complexity index is 174. The minimum Gasteiger partial charge on any atom is -0.303 e. The lowest BCUT2D eigenvalue weighted by molar-refractivity contribution is 0.216. The molecule has 1 heterocycles. The predicted molar refractivity (Wildman–Crippen MR) is 85.5 cm³/mol. The predicted octanol–water partition coefficient (Wildman–Crippen LogP) is 4.81. The summed E-state index contributed by atoms with van der Waals surface area (Å²) >= 11 is 2.00. The summed E-state index contributed by atoms with van der Waals surface area (Å²) in [6.45, 7) is 6.46. The van der Waals surface area contributed by atoms with Crippen LogP contribution in [0.5, 0.6) is 0 Å². The highest BCUT2D eigenvalue weighted by molar-refractivity contribution is 7.98. The third-order valence-corrected chi connectivity index (χ3v) is 4.95. The van der Waals surface area contributed by atoms with E-state index in [1.165, 1.54) is 83.2 Å². The maximum absolute atomic E-state index is 2.76. The van der Waals surface area contributed by atoms with Gasteiger partial charge >= 0.3 is 0 Å². The maximum Gasteiger partial charge on any atom is 0.000956 e. The van der Waals surface area contributed by atoms with Crippen LogP contribution < -0.4 is 0 Å². The number of hydrogen-bond acceptors (Lipinski definition) is 2. The normalized spacial score (nSPS) is 21.0. The van der Waals surface area contributed by atoms with Gasteiger partial charge in [-0.05, 0) is 56.7 Å². The third-order valence-electron chi connectivity index (χ3n) is 4.25. The molecule has 1 aliphatic rings. The summed E-state index contributed by atoms with van der Waals surface area (Å²) < 4.78 is 0. The summed E-state index contributed by atoms with van der Waals surface area (Å²) in [7, 11) is 0. The summed E-state index contributed by atoms with van der Waals surface area (Å²) in [6.07, 6.45) is 15.2. The summed E-state index contributed by atoms with van der Waals surface area (Å²) in [5.74, 6) is 2.29. The van der Waals surface area contributed by atoms with Crippen LogP contribution >= 0.6 is 11.8 Å². The maximum atomic E-state index is 2.76. The molecular formula is C16H33NS. The van der Waals surface area contributed by atoms with E-state index in [2.05, 4.69) is 18.1 Å². The van der Waals surface area contributed by atoms with Gasteiger partial charge in [-0.2, -0.15) is 11.8 Å². The second-order valence-electron chi connectivity index (χ2n) is 5.83. The molecule has 0 aromatic carbocycles. The molecule has 1 nitrogen and oxygen atoms in total. The summed E-state index contributed by atoms with van der Waals surface area (Å²) in [4.78, 5) is 2.76. The second-order valence-corrected chi connectivity index (χ2v) is 6.82. The van der Waals surface area contributed by atoms with E-state index in [1.807, 2.05) is 11.8 Å². The molecule has 0 aromatic heterocycles. The molecule has 0 amide bonds. The van der Waals surface area contributed by atoms with Crippen LogP contribution in [0.3, 0.4) is 0 Å². The number of thioether (sulfide) groups is 1. The van der Waals surface area contributed by atoms with E-state index >= 15 is 0 Å². The van der Waals surface area contributed by atoms with Crippen LogP contribution in [-0.2, 0) is 0 Å². The molecule has 1 atom stereocenters. The molecule has 1 rings (SSSR count). The van der Waals surface area contributed by atoms with Crippen molar-refractivity contribution >= 4 is 11.8 Å². The molecule has 1 saturated heterocycles. The van der Waals surface area contributed by atoms with Gasteiger partial charge in [-0.15, -0.1) is 0 Å². The number of hydrogen-bond donors (Lipinski definition) is 0. The van der Waals surface area contributed by atoms with Gasteiger partial charge in [0, 0.05) is 6.54 Å². The summed E-state index contributed by atoms with van der Waals surface area (Å²) in [5, 5.41) is 0. The molecule has 1 aliphatic heterocycles. The Hall–Kier alpha value is 0.310. The van der Waals surface area contributed by atoms with Crippen LogP contribution in [0.15, 0.2) is 0 Å². The molecule has 18 heavy (non-hydrogen) atoms. The van der Waals surface area contributed by atoms with Crippen molar-refractivity contribution in [1.29, 1.82) is 0 Å². The van der Waals surface area contributed by atoms with Crippen molar-refractivity contribution in [3.63, 3.8) is 0 Å². The first-order valence-corrected chi connectivity index (χ1v) is 9.47. The van der Waals surface area contributed by atoms with E-state index in [1.54, 1.807) is 0 Å². The van der Waals surface area contributed by atoms with E-state index in [0.29, 0.717) is 0 Å². The average molecular weight is 272 g/mol. The van der Waals surface area contributed by atoms with Crippen LogP contribution in [0.2, 0.25) is 0 Å². The highest BCUT2D eigenvalue weighted by atomic mass is 32.2. The molecule has 0 bridgehead atoms. The molecule has 0 spiro atoms. The molecule has 0 aromatic rings. The van der Waals surface area contributed by atoms with Gasteiger partial charge in [-0.25, -0.2) is 0 Å². The van der Waals surface area contributed by atoms with Gasteiger partial charge in [0.25, 0.3) is 0 Å². The van der Waals surface area contributed by atoms with E-state index in [-0.39, 0.29) is 0 Å². The van der Waals surface area contributed by atoms with E-state index in [9.17, 15) is 0 Å². The van der Waals surface area contributed by atoms with Crippen molar-refractivity contribution in [2.45, 2.75) is 64.7 Å². The number of nitrogens with zero attached hydrogens (tertiary/aromatic N) is 1. The molecule has 108 valence electrons. The van der Waals surface area contributed by atoms with Crippen LogP contribution in [0, 0.1) is 5.92 Å². The van der Waals surface area contributed by atoms with Crippen molar-refractivity contribution in [2.24, 2.45) is 5.92 Å². The minimum atomic E-state index is 0.943. The third kappa shape index (κ3) is 7.68. The monoisotopic (exact) mass is 271 g/mol. The molecule has 0 N–H and O–H groups in total. The summed E-state index contributed by atoms with van der Waals surface area (Å²) in [6, 6.07) is 0. The van der Waals surface area contributed by atoms with Crippen LogP contribution in [0.4, 0.5) is 0 Å². The average Bonchev–Trinajstić information content (AvgIpc) is 2.51. The van der Waals surface area contributed by atoms with Crippen molar-refractivity contribution in [3.05, 3.63) is 0 Å². The van der Waals surface area contributed by atoms with E-state index in [4.69, 9.17) is 0 Å². The molecule has 1 unspecified atom stereocenters. The lowest BCUT2D eigenvalue weighted by atomic mass is 10.00. The zero-order chi connectivity index (χ0) is 13.1. The van der Waals surface area contributed by atoms with Crippen molar-refractivity contribution in [2.75, 3.05) is 31.6 Å². The van der Waals surface area contributed by atoms with Crippen molar-refractivity contribution in [1.82, 2.24) is 4.90 Å². The molecule has 2 heteroatoms. The van der Waals surface area contributed by atoms with Crippen LogP contribution in [-0.4, -0.2) is 36.5 Å². The smallest absolute Gasteiger partial charge is 0.000956 e. The Morgan fingerprint density at radius 3 is 2.17 bits per heavy atom. The van der Waals surface area contributed by atoms with Crippen LogP contribution in [0.1, 0.15) is 64.7 Å². The lowest BCUT2D eigenvalue weighted by Gasteiger charge is -2.26. The Kier molecular flexibility index (Phi) is 10.1. The quantitative estimate of drug-likeness (QED) is 0.611. The first-order chi connectivity index (χ1) is 8.86. The van der Waals surface area contributed by atoms with Gasteiger partial charge in [-0.3, -0.25) is 0 Å². The zero-order valence-electron chi connectivity index (χ0n) is 12.6. The van der Waals surface area contributed by atoms with E-state index in [0.717, 1.165) is 5.92 Å². The number of rotatable bonds is 7. The Labute approximate surface area is 119 Å². The molecule has 1 fully saturated rings.